The van der Waals surface area contributed by atoms with E-state index >= 15 is 0 Å². The Kier molecular flexibility index (Phi) is 69.2. The van der Waals surface area contributed by atoms with E-state index in [-0.39, 0.29) is 56.7 Å². The van der Waals surface area contributed by atoms with Gasteiger partial charge in [-0.25, -0.2) is 0 Å². The Morgan fingerprint density at radius 3 is 0.747 bits per heavy atom. The van der Waals surface area contributed by atoms with Gasteiger partial charge in [-0.1, -0.05) is 320 Å². The van der Waals surface area contributed by atoms with Crippen molar-refractivity contribution in [3.63, 3.8) is 0 Å². The van der Waals surface area contributed by atoms with Gasteiger partial charge < -0.3 is 23.7 Å². The maximum Gasteiger partial charge on any atom is 0.306 e. The quantitative estimate of drug-likeness (QED) is 0.0254. The van der Waals surface area contributed by atoms with E-state index in [9.17, 15) is 19.2 Å². The molecule has 0 rings (SSSR count). The van der Waals surface area contributed by atoms with Crippen LogP contribution in [0, 0.1) is 0 Å². The molecule has 9 nitrogen and oxygen atoms in total. The Balaban J connectivity index is 5.33. The molecule has 0 radical (unpaired) electrons. The van der Waals surface area contributed by atoms with Crippen molar-refractivity contribution in [2.75, 3.05) is 26.4 Å². The molecule has 0 heterocycles. The summed E-state index contributed by atoms with van der Waals surface area (Å²) in [6.45, 7) is 8.59. The minimum Gasteiger partial charge on any atom is -0.463 e. The minimum atomic E-state index is -0.854. The Bertz CT molecular complexity index is 1520. The van der Waals surface area contributed by atoms with E-state index in [1.54, 1.807) is 0 Å². The van der Waals surface area contributed by atoms with Crippen molar-refractivity contribution in [3.8, 4) is 0 Å². The lowest BCUT2D eigenvalue weighted by Crippen LogP contribution is -2.35. The summed E-state index contributed by atoms with van der Waals surface area (Å²) in [5.74, 6) is -1.29. The molecule has 0 aliphatic heterocycles. The van der Waals surface area contributed by atoms with Crippen LogP contribution in [0.4, 0.5) is 0 Å². The smallest absolute Gasteiger partial charge is 0.306 e. The van der Waals surface area contributed by atoms with Crippen molar-refractivity contribution in [1.82, 2.24) is 0 Å². The van der Waals surface area contributed by atoms with Crippen LogP contribution < -0.4 is 0 Å². The third-order valence-electron chi connectivity index (χ3n) is 16.7. The Morgan fingerprint density at radius 1 is 0.241 bits per heavy atom. The first-order valence-corrected chi connectivity index (χ1v) is 37.7. The number of rotatable bonds is 70. The summed E-state index contributed by atoms with van der Waals surface area (Å²) < 4.78 is 29.5. The average Bonchev–Trinajstić information content (AvgIpc) is 3.54. The van der Waals surface area contributed by atoms with Crippen LogP contribution in [0.2, 0.25) is 0 Å². The highest BCUT2D eigenvalue weighted by Crippen LogP contribution is 2.18. The van der Waals surface area contributed by atoms with Gasteiger partial charge in [-0.15, -0.1) is 0 Å². The molecular formula is C78H142O9. The van der Waals surface area contributed by atoms with Crippen LogP contribution in [-0.2, 0) is 42.9 Å². The average molecular weight is 1220 g/mol. The molecule has 0 saturated heterocycles. The highest BCUT2D eigenvalue weighted by Gasteiger charge is 2.22. The topological polar surface area (TPSA) is 114 Å². The molecule has 508 valence electrons. The lowest BCUT2D eigenvalue weighted by Gasteiger charge is -2.23. The SMILES string of the molecule is CCCCCC=CCC=CCCCCCCCC(=O)OCC(COC(=O)CCCCCCCC=CCC=CCCCCC)OCC(COC(=O)CCCCCCCCCCCCCCCCC)OC(=O)CCCCCCCCCCCCCCCCC. The normalized spacial score (nSPS) is 12.6. The van der Waals surface area contributed by atoms with Crippen molar-refractivity contribution < 1.29 is 42.9 Å². The molecule has 0 fully saturated rings. The fraction of sp³-hybridized carbons (Fsp3) is 0.846. The van der Waals surface area contributed by atoms with Gasteiger partial charge in [0.05, 0.1) is 6.61 Å². The summed E-state index contributed by atoms with van der Waals surface area (Å²) in [6.07, 6.45) is 79.6. The summed E-state index contributed by atoms with van der Waals surface area (Å²) in [7, 11) is 0. The second kappa shape index (κ2) is 71.9. The second-order valence-corrected chi connectivity index (χ2v) is 25.5. The zero-order valence-corrected chi connectivity index (χ0v) is 57.9. The highest BCUT2D eigenvalue weighted by molar-refractivity contribution is 5.71. The van der Waals surface area contributed by atoms with Crippen molar-refractivity contribution >= 4 is 23.9 Å². The maximum absolute atomic E-state index is 13.3. The third-order valence-corrected chi connectivity index (χ3v) is 16.7. The van der Waals surface area contributed by atoms with Crippen LogP contribution in [-0.4, -0.2) is 62.5 Å². The van der Waals surface area contributed by atoms with Crippen LogP contribution in [0.15, 0.2) is 48.6 Å². The number of hydrogen-bond acceptors (Lipinski definition) is 9. The van der Waals surface area contributed by atoms with Crippen molar-refractivity contribution in [3.05, 3.63) is 48.6 Å². The number of unbranched alkanes of at least 4 members (excludes halogenated alkanes) is 44. The fourth-order valence-electron chi connectivity index (χ4n) is 11.0. The monoisotopic (exact) mass is 1220 g/mol. The van der Waals surface area contributed by atoms with Gasteiger partial charge >= 0.3 is 23.9 Å². The van der Waals surface area contributed by atoms with Crippen molar-refractivity contribution in [2.24, 2.45) is 0 Å². The summed E-state index contributed by atoms with van der Waals surface area (Å²) in [4.78, 5) is 52.5. The number of hydrogen-bond donors (Lipinski definition) is 0. The zero-order chi connectivity index (χ0) is 63.1. The number of allylic oxidation sites excluding steroid dienone is 8. The third kappa shape index (κ3) is 68.6. The first-order valence-electron chi connectivity index (χ1n) is 37.7. The van der Waals surface area contributed by atoms with Gasteiger partial charge in [0.2, 0.25) is 0 Å². The largest absolute Gasteiger partial charge is 0.463 e. The lowest BCUT2D eigenvalue weighted by molar-refractivity contribution is -0.169. The van der Waals surface area contributed by atoms with Gasteiger partial charge in [0, 0.05) is 25.7 Å². The van der Waals surface area contributed by atoms with E-state index in [1.165, 1.54) is 205 Å². The second-order valence-electron chi connectivity index (χ2n) is 25.5. The molecule has 0 saturated carbocycles. The molecule has 0 N–H and O–H groups in total. The first-order chi connectivity index (χ1) is 42.9. The van der Waals surface area contributed by atoms with Crippen molar-refractivity contribution in [2.45, 2.75) is 399 Å². The van der Waals surface area contributed by atoms with Gasteiger partial charge in [0.15, 0.2) is 6.10 Å². The predicted octanol–water partition coefficient (Wildman–Crippen LogP) is 24.1. The fourth-order valence-corrected chi connectivity index (χ4v) is 11.0. The van der Waals surface area contributed by atoms with Crippen LogP contribution in [0.5, 0.6) is 0 Å². The van der Waals surface area contributed by atoms with E-state index in [0.29, 0.717) is 19.3 Å². The maximum atomic E-state index is 13.3. The Hall–Kier alpha value is -3.20. The molecule has 0 amide bonds. The predicted molar refractivity (Wildman–Crippen MR) is 370 cm³/mol. The molecule has 0 bridgehead atoms. The van der Waals surface area contributed by atoms with Crippen LogP contribution >= 0.6 is 0 Å². The molecule has 0 spiro atoms. The Morgan fingerprint density at radius 2 is 0.460 bits per heavy atom. The molecule has 9 heteroatoms. The van der Waals surface area contributed by atoms with Gasteiger partial charge in [-0.05, 0) is 89.9 Å². The van der Waals surface area contributed by atoms with Crippen LogP contribution in [0.3, 0.4) is 0 Å². The molecule has 0 aliphatic carbocycles. The lowest BCUT2D eigenvalue weighted by atomic mass is 10.0. The number of ether oxygens (including phenoxy) is 5. The molecule has 1 atom stereocenters. The number of carbonyl (C=O) groups excluding carboxylic acids is 4. The van der Waals surface area contributed by atoms with Gasteiger partial charge in [-0.2, -0.15) is 0 Å². The van der Waals surface area contributed by atoms with E-state index in [1.807, 2.05) is 0 Å². The van der Waals surface area contributed by atoms with Crippen LogP contribution in [0.1, 0.15) is 387 Å². The van der Waals surface area contributed by atoms with Gasteiger partial charge in [-0.3, -0.25) is 19.2 Å². The Labute approximate surface area is 538 Å². The van der Waals surface area contributed by atoms with E-state index < -0.39 is 12.2 Å². The van der Waals surface area contributed by atoms with Gasteiger partial charge in [0.1, 0.15) is 25.9 Å². The molecule has 0 aliphatic rings. The number of esters is 4. The summed E-state index contributed by atoms with van der Waals surface area (Å²) in [5, 5.41) is 0. The highest BCUT2D eigenvalue weighted by atomic mass is 16.6. The van der Waals surface area contributed by atoms with Crippen LogP contribution in [0.25, 0.3) is 0 Å². The van der Waals surface area contributed by atoms with Crippen molar-refractivity contribution in [1.29, 1.82) is 0 Å². The molecular weight excluding hydrogens is 1080 g/mol. The number of carbonyl (C=O) groups is 4. The minimum absolute atomic E-state index is 0.0908. The van der Waals surface area contributed by atoms with E-state index in [0.717, 1.165) is 128 Å². The standard InChI is InChI=1S/C78H142O9/c1-5-9-13-17-21-25-29-33-37-41-45-49-53-57-61-65-75(79)84-69-73(70-85-76(80)66-62-58-54-50-46-42-38-34-30-26-22-18-14-10-6-2)83-71-74(87-78(82)68-64-60-56-52-48-44-40-36-32-28-24-20-16-12-8-4)72-86-77(81)67-63-59-55-51-47-43-39-35-31-27-23-19-15-11-7-3/h21-22,25-26,33-34,37-38,73-74H,5-20,23-24,27-32,35-36,39-72H2,1-4H3. The van der Waals surface area contributed by atoms with E-state index in [2.05, 4.69) is 76.3 Å². The van der Waals surface area contributed by atoms with E-state index in [4.69, 9.17) is 23.7 Å². The molecule has 0 aromatic carbocycles. The summed E-state index contributed by atoms with van der Waals surface area (Å²) >= 11 is 0. The molecule has 87 heavy (non-hydrogen) atoms. The first kappa shape index (κ1) is 83.8. The summed E-state index contributed by atoms with van der Waals surface area (Å²) in [5.41, 5.74) is 0. The molecule has 0 aromatic heterocycles. The molecule has 0 aromatic rings. The van der Waals surface area contributed by atoms with Gasteiger partial charge in [0.25, 0.3) is 0 Å². The summed E-state index contributed by atoms with van der Waals surface area (Å²) in [6, 6.07) is 0. The molecule has 1 unspecified atom stereocenters. The zero-order valence-electron chi connectivity index (χ0n) is 57.9.